The first-order valence-corrected chi connectivity index (χ1v) is 7.65. The van der Waals surface area contributed by atoms with E-state index < -0.39 is 11.9 Å². The third-order valence-electron chi connectivity index (χ3n) is 1.59. The molecule has 2 aromatic heterocycles. The Morgan fingerprint density at radius 1 is 0.708 bits per heavy atom. The molecular weight excluding hydrogens is 308 g/mol. The number of rotatable bonds is 1. The molecule has 2 aromatic rings. The number of aliphatic carboxylic acids is 2. The van der Waals surface area contributed by atoms with Crippen molar-refractivity contribution in [2.24, 2.45) is 0 Å². The van der Waals surface area contributed by atoms with E-state index in [0.29, 0.717) is 0 Å². The highest BCUT2D eigenvalue weighted by molar-refractivity contribution is 5.63. The van der Waals surface area contributed by atoms with Crippen LogP contribution in [0.4, 0.5) is 0 Å². The van der Waals surface area contributed by atoms with E-state index in [1.54, 1.807) is 12.4 Å². The molecular formula is C18H28N2O4. The number of pyridine rings is 2. The zero-order valence-electron chi connectivity index (χ0n) is 15.2. The number of carboxylic acid groups (broad SMARTS) is 2. The number of nitrogens with zero attached hydrogens (tertiary/aromatic N) is 2. The van der Waals surface area contributed by atoms with Crippen LogP contribution in [0.3, 0.4) is 0 Å². The summed E-state index contributed by atoms with van der Waals surface area (Å²) in [5.74, 6) is -1.67. The van der Waals surface area contributed by atoms with Gasteiger partial charge in [0.15, 0.2) is 0 Å². The molecule has 0 spiro atoms. The zero-order valence-corrected chi connectivity index (χ0v) is 15.2. The highest BCUT2D eigenvalue weighted by atomic mass is 16.4. The summed E-state index contributed by atoms with van der Waals surface area (Å²) in [7, 11) is 0. The summed E-state index contributed by atoms with van der Waals surface area (Å²) in [5.41, 5.74) is 1.83. The van der Waals surface area contributed by atoms with Crippen molar-refractivity contribution in [3.05, 3.63) is 48.8 Å². The van der Waals surface area contributed by atoms with Crippen molar-refractivity contribution in [1.29, 1.82) is 0 Å². The summed E-state index contributed by atoms with van der Waals surface area (Å²) in [4.78, 5) is 26.4. The van der Waals surface area contributed by atoms with Gasteiger partial charge in [-0.25, -0.2) is 0 Å². The van der Waals surface area contributed by atoms with E-state index in [9.17, 15) is 0 Å². The Labute approximate surface area is 144 Å². The van der Waals surface area contributed by atoms with Gasteiger partial charge >= 0.3 is 0 Å². The van der Waals surface area contributed by atoms with Crippen molar-refractivity contribution < 1.29 is 19.8 Å². The second-order valence-corrected chi connectivity index (χ2v) is 3.47. The SMILES string of the molecule is CC.CC.CC(=O)O.CC(=O)O.c1ccc(-c2ccccn2)nc1. The number of hydrogen-bond donors (Lipinski definition) is 2. The molecule has 0 aromatic carbocycles. The molecule has 0 amide bonds. The zero-order chi connectivity index (χ0) is 19.4. The molecule has 0 bridgehead atoms. The first kappa shape index (κ1) is 26.2. The molecule has 6 nitrogen and oxygen atoms in total. The molecule has 0 saturated heterocycles. The molecule has 24 heavy (non-hydrogen) atoms. The number of hydrogen-bond acceptors (Lipinski definition) is 4. The van der Waals surface area contributed by atoms with Gasteiger partial charge in [0, 0.05) is 26.2 Å². The van der Waals surface area contributed by atoms with Crippen molar-refractivity contribution >= 4 is 11.9 Å². The minimum Gasteiger partial charge on any atom is -0.481 e. The van der Waals surface area contributed by atoms with Crippen molar-refractivity contribution in [3.63, 3.8) is 0 Å². The maximum absolute atomic E-state index is 9.00. The van der Waals surface area contributed by atoms with Crippen molar-refractivity contribution in [3.8, 4) is 11.4 Å². The Morgan fingerprint density at radius 2 is 0.958 bits per heavy atom. The first-order valence-electron chi connectivity index (χ1n) is 7.65. The van der Waals surface area contributed by atoms with Crippen molar-refractivity contribution in [2.45, 2.75) is 41.5 Å². The first-order chi connectivity index (χ1) is 11.4. The summed E-state index contributed by atoms with van der Waals surface area (Å²) in [5, 5.41) is 14.8. The molecule has 6 heteroatoms. The number of aromatic nitrogens is 2. The van der Waals surface area contributed by atoms with Gasteiger partial charge in [-0.1, -0.05) is 39.8 Å². The molecule has 2 N–H and O–H groups in total. The van der Waals surface area contributed by atoms with Crippen LogP contribution in [-0.2, 0) is 9.59 Å². The second kappa shape index (κ2) is 20.2. The fourth-order valence-corrected chi connectivity index (χ4v) is 1.03. The summed E-state index contributed by atoms with van der Waals surface area (Å²) >= 11 is 0. The van der Waals surface area contributed by atoms with E-state index in [0.717, 1.165) is 25.2 Å². The Hall–Kier alpha value is -2.76. The third-order valence-corrected chi connectivity index (χ3v) is 1.59. The maximum atomic E-state index is 9.00. The van der Waals surface area contributed by atoms with Crippen molar-refractivity contribution in [2.75, 3.05) is 0 Å². The summed E-state index contributed by atoms with van der Waals surface area (Å²) in [6.45, 7) is 10.2. The van der Waals surface area contributed by atoms with Crippen LogP contribution in [0.5, 0.6) is 0 Å². The standard InChI is InChI=1S/C10H8N2.2C2H4O2.2C2H6/c1-3-7-11-9(5-1)10-6-2-4-8-12-10;2*1-2(3)4;2*1-2/h1-8H;2*1H3,(H,3,4);2*1-2H3. The van der Waals surface area contributed by atoms with Gasteiger partial charge in [-0.3, -0.25) is 19.6 Å². The van der Waals surface area contributed by atoms with Crippen LogP contribution in [-0.4, -0.2) is 32.1 Å². The largest absolute Gasteiger partial charge is 0.481 e. The van der Waals surface area contributed by atoms with Crippen LogP contribution in [0.15, 0.2) is 48.8 Å². The monoisotopic (exact) mass is 336 g/mol. The molecule has 0 saturated carbocycles. The van der Waals surface area contributed by atoms with Gasteiger partial charge < -0.3 is 10.2 Å². The third kappa shape index (κ3) is 21.5. The highest BCUT2D eigenvalue weighted by Gasteiger charge is 1.95. The molecule has 0 aliphatic carbocycles. The smallest absolute Gasteiger partial charge is 0.300 e. The molecule has 134 valence electrons. The fraction of sp³-hybridized carbons (Fsp3) is 0.333. The molecule has 2 heterocycles. The predicted octanol–water partition coefficient (Wildman–Crippen LogP) is 4.38. The van der Waals surface area contributed by atoms with E-state index in [2.05, 4.69) is 9.97 Å². The van der Waals surface area contributed by atoms with Gasteiger partial charge in [0.05, 0.1) is 11.4 Å². The summed E-state index contributed by atoms with van der Waals surface area (Å²) in [6.07, 6.45) is 3.54. The van der Waals surface area contributed by atoms with E-state index in [1.807, 2.05) is 64.1 Å². The molecule has 0 aliphatic rings. The lowest BCUT2D eigenvalue weighted by molar-refractivity contribution is -0.135. The van der Waals surface area contributed by atoms with E-state index >= 15 is 0 Å². The maximum Gasteiger partial charge on any atom is 0.300 e. The Kier molecular flexibility index (Phi) is 22.1. The lowest BCUT2D eigenvalue weighted by Gasteiger charge is -1.96. The normalized spacial score (nSPS) is 7.42. The second-order valence-electron chi connectivity index (χ2n) is 3.47. The van der Waals surface area contributed by atoms with Crippen LogP contribution < -0.4 is 0 Å². The van der Waals surface area contributed by atoms with Gasteiger partial charge in [0.2, 0.25) is 0 Å². The molecule has 0 aliphatic heterocycles. The molecule has 0 unspecified atom stereocenters. The molecule has 0 fully saturated rings. The van der Waals surface area contributed by atoms with Crippen molar-refractivity contribution in [1.82, 2.24) is 9.97 Å². The number of carboxylic acids is 2. The summed E-state index contributed by atoms with van der Waals surface area (Å²) in [6, 6.07) is 11.6. The lowest BCUT2D eigenvalue weighted by Crippen LogP contribution is -1.83. The van der Waals surface area contributed by atoms with Crippen LogP contribution >= 0.6 is 0 Å². The Morgan fingerprint density at radius 3 is 1.12 bits per heavy atom. The quantitative estimate of drug-likeness (QED) is 0.801. The van der Waals surface area contributed by atoms with Crippen LogP contribution in [0.2, 0.25) is 0 Å². The average molecular weight is 336 g/mol. The van der Waals surface area contributed by atoms with Crippen LogP contribution in [0.25, 0.3) is 11.4 Å². The van der Waals surface area contributed by atoms with E-state index in [1.165, 1.54) is 0 Å². The highest BCUT2D eigenvalue weighted by Crippen LogP contribution is 2.10. The lowest BCUT2D eigenvalue weighted by atomic mass is 10.2. The minimum atomic E-state index is -0.833. The summed E-state index contributed by atoms with van der Waals surface area (Å²) < 4.78 is 0. The average Bonchev–Trinajstić information content (AvgIpc) is 2.59. The van der Waals surface area contributed by atoms with Crippen LogP contribution in [0.1, 0.15) is 41.5 Å². The predicted molar refractivity (Wildman–Crippen MR) is 96.8 cm³/mol. The Balaban J connectivity index is -0.000000310. The minimum absolute atomic E-state index is 0.833. The van der Waals surface area contributed by atoms with Crippen LogP contribution in [0, 0.1) is 0 Å². The Bertz CT molecular complexity index is 460. The van der Waals surface area contributed by atoms with E-state index in [4.69, 9.17) is 19.8 Å². The molecule has 0 atom stereocenters. The van der Waals surface area contributed by atoms with Gasteiger partial charge in [-0.2, -0.15) is 0 Å². The fourth-order valence-electron chi connectivity index (χ4n) is 1.03. The topological polar surface area (TPSA) is 100 Å². The molecule has 0 radical (unpaired) electrons. The molecule has 2 rings (SSSR count). The van der Waals surface area contributed by atoms with Gasteiger partial charge in [0.25, 0.3) is 11.9 Å². The van der Waals surface area contributed by atoms with Gasteiger partial charge in [-0.15, -0.1) is 0 Å². The van der Waals surface area contributed by atoms with E-state index in [-0.39, 0.29) is 0 Å². The van der Waals surface area contributed by atoms with Gasteiger partial charge in [0.1, 0.15) is 0 Å². The number of carbonyl (C=O) groups is 2. The van der Waals surface area contributed by atoms with Gasteiger partial charge in [-0.05, 0) is 24.3 Å².